The molecule has 0 bridgehead atoms. The molecular weight excluding hydrogens is 362 g/mol. The zero-order chi connectivity index (χ0) is 20.5. The maximum atomic E-state index is 13.1. The Balaban J connectivity index is 2.65. The molecule has 0 N–H and O–H groups in total. The zero-order valence-corrected chi connectivity index (χ0v) is 18.1. The summed E-state index contributed by atoms with van der Waals surface area (Å²) in [6.07, 6.45) is 0. The maximum absolute atomic E-state index is 13.1. The summed E-state index contributed by atoms with van der Waals surface area (Å²) in [5, 5.41) is 1.01. The molecule has 6 heteroatoms. The second-order valence-corrected chi connectivity index (χ2v) is 8.89. The van der Waals surface area contributed by atoms with E-state index in [4.69, 9.17) is 16.6 Å². The number of amides is 1. The minimum Gasteiger partial charge on any atom is -0.332 e. The number of hydrogen-bond acceptors (Lipinski definition) is 3. The van der Waals surface area contributed by atoms with E-state index < -0.39 is 5.41 Å². The highest BCUT2D eigenvalue weighted by Crippen LogP contribution is 2.27. The average Bonchev–Trinajstić information content (AvgIpc) is 2.58. The lowest BCUT2D eigenvalue weighted by Gasteiger charge is -2.36. The van der Waals surface area contributed by atoms with Gasteiger partial charge in [-0.2, -0.15) is 0 Å². The smallest absolute Gasteiger partial charge is 0.261 e. The molecule has 0 spiro atoms. The van der Waals surface area contributed by atoms with Crippen molar-refractivity contribution in [2.45, 2.75) is 61.1 Å². The lowest BCUT2D eigenvalue weighted by Crippen LogP contribution is -2.44. The van der Waals surface area contributed by atoms with Gasteiger partial charge >= 0.3 is 0 Å². The molecule has 2 aromatic rings. The van der Waals surface area contributed by atoms with E-state index in [1.54, 1.807) is 22.8 Å². The number of fused-ring (bicyclic) bond motifs is 1. The van der Waals surface area contributed by atoms with Crippen LogP contribution in [0.15, 0.2) is 23.0 Å². The standard InChI is InChI=1S/C21H30ClN3O2/c1-8-24-18(23-17-10-9-15(22)11-16(17)19(24)26)14(4)25(12-13(2)3)20(27)21(5,6)7/h9-11,13-14H,8,12H2,1-7H3. The number of benzene rings is 1. The van der Waals surface area contributed by atoms with Crippen LogP contribution in [0.3, 0.4) is 0 Å². The third-order valence-electron chi connectivity index (χ3n) is 4.57. The highest BCUT2D eigenvalue weighted by Gasteiger charge is 2.33. The van der Waals surface area contributed by atoms with Gasteiger partial charge in [0.1, 0.15) is 5.82 Å². The highest BCUT2D eigenvalue weighted by atomic mass is 35.5. The van der Waals surface area contributed by atoms with Crippen molar-refractivity contribution in [3.05, 3.63) is 39.4 Å². The topological polar surface area (TPSA) is 55.2 Å². The molecule has 27 heavy (non-hydrogen) atoms. The number of hydrogen-bond donors (Lipinski definition) is 0. The third kappa shape index (κ3) is 4.52. The minimum atomic E-state index is -0.509. The summed E-state index contributed by atoms with van der Waals surface area (Å²) in [5.74, 6) is 0.965. The van der Waals surface area contributed by atoms with E-state index in [-0.39, 0.29) is 17.5 Å². The number of carbonyl (C=O) groups excluding carboxylic acids is 1. The van der Waals surface area contributed by atoms with E-state index in [1.165, 1.54) is 0 Å². The Labute approximate surface area is 166 Å². The first kappa shape index (κ1) is 21.4. The van der Waals surface area contributed by atoms with Gasteiger partial charge < -0.3 is 4.90 Å². The summed E-state index contributed by atoms with van der Waals surface area (Å²) in [6.45, 7) is 14.9. The lowest BCUT2D eigenvalue weighted by molar-refractivity contribution is -0.142. The Hall–Kier alpha value is -1.88. The van der Waals surface area contributed by atoms with Crippen LogP contribution in [-0.2, 0) is 11.3 Å². The van der Waals surface area contributed by atoms with Crippen molar-refractivity contribution >= 4 is 28.4 Å². The Kier molecular flexibility index (Phi) is 6.35. The fraction of sp³-hybridized carbons (Fsp3) is 0.571. The van der Waals surface area contributed by atoms with Gasteiger partial charge in [0.05, 0.1) is 16.9 Å². The van der Waals surface area contributed by atoms with Crippen molar-refractivity contribution in [2.75, 3.05) is 6.54 Å². The molecule has 148 valence electrons. The number of aromatic nitrogens is 2. The molecule has 0 fully saturated rings. The van der Waals surface area contributed by atoms with E-state index in [0.29, 0.717) is 40.8 Å². The molecule has 0 aliphatic carbocycles. The second kappa shape index (κ2) is 8.01. The van der Waals surface area contributed by atoms with Gasteiger partial charge in [-0.1, -0.05) is 46.2 Å². The molecule has 0 aliphatic rings. The number of carbonyl (C=O) groups is 1. The van der Waals surface area contributed by atoms with Crippen LogP contribution in [0.2, 0.25) is 5.02 Å². The van der Waals surface area contributed by atoms with Gasteiger partial charge in [-0.15, -0.1) is 0 Å². The van der Waals surface area contributed by atoms with Gasteiger partial charge in [0, 0.05) is 23.5 Å². The molecule has 1 aromatic carbocycles. The van der Waals surface area contributed by atoms with E-state index in [9.17, 15) is 9.59 Å². The Morgan fingerprint density at radius 2 is 1.89 bits per heavy atom. The van der Waals surface area contributed by atoms with Crippen LogP contribution >= 0.6 is 11.6 Å². The molecule has 0 saturated heterocycles. The van der Waals surface area contributed by atoms with E-state index >= 15 is 0 Å². The molecule has 1 amide bonds. The molecule has 1 aromatic heterocycles. The predicted octanol–water partition coefficient (Wildman–Crippen LogP) is 4.66. The monoisotopic (exact) mass is 391 g/mol. The molecule has 5 nitrogen and oxygen atoms in total. The SMILES string of the molecule is CCn1c(C(C)N(CC(C)C)C(=O)C(C)(C)C)nc2ccc(Cl)cc2c1=O. The lowest BCUT2D eigenvalue weighted by atomic mass is 9.93. The summed E-state index contributed by atoms with van der Waals surface area (Å²) in [5.41, 5.74) is -0.0339. The summed E-state index contributed by atoms with van der Waals surface area (Å²) in [6, 6.07) is 4.83. The Morgan fingerprint density at radius 1 is 1.26 bits per heavy atom. The van der Waals surface area contributed by atoms with Gasteiger partial charge in [0.15, 0.2) is 0 Å². The Morgan fingerprint density at radius 3 is 2.41 bits per heavy atom. The van der Waals surface area contributed by atoms with E-state index in [1.807, 2.05) is 39.5 Å². The number of halogens is 1. The molecule has 1 heterocycles. The van der Waals surface area contributed by atoms with Crippen molar-refractivity contribution in [1.29, 1.82) is 0 Å². The van der Waals surface area contributed by atoms with Crippen molar-refractivity contribution in [3.63, 3.8) is 0 Å². The second-order valence-electron chi connectivity index (χ2n) is 8.46. The van der Waals surface area contributed by atoms with Crippen LogP contribution < -0.4 is 5.56 Å². The molecule has 0 aliphatic heterocycles. The van der Waals surface area contributed by atoms with Crippen LogP contribution in [-0.4, -0.2) is 26.9 Å². The van der Waals surface area contributed by atoms with Gasteiger partial charge in [-0.05, 0) is 38.0 Å². The van der Waals surface area contributed by atoms with Crippen molar-refractivity contribution in [3.8, 4) is 0 Å². The van der Waals surface area contributed by atoms with Crippen molar-refractivity contribution in [1.82, 2.24) is 14.5 Å². The van der Waals surface area contributed by atoms with Crippen LogP contribution in [0.4, 0.5) is 0 Å². The highest BCUT2D eigenvalue weighted by molar-refractivity contribution is 6.31. The molecule has 2 rings (SSSR count). The predicted molar refractivity (Wildman–Crippen MR) is 111 cm³/mol. The number of rotatable bonds is 5. The summed E-state index contributed by atoms with van der Waals surface area (Å²) in [7, 11) is 0. The first-order valence-corrected chi connectivity index (χ1v) is 9.86. The summed E-state index contributed by atoms with van der Waals surface area (Å²) < 4.78 is 1.65. The largest absolute Gasteiger partial charge is 0.332 e. The van der Waals surface area contributed by atoms with Crippen LogP contribution in [0.5, 0.6) is 0 Å². The molecule has 0 saturated carbocycles. The van der Waals surface area contributed by atoms with Gasteiger partial charge in [-0.25, -0.2) is 4.98 Å². The molecular formula is C21H30ClN3O2. The average molecular weight is 392 g/mol. The normalized spacial score (nSPS) is 13.2. The quantitative estimate of drug-likeness (QED) is 0.744. The molecule has 1 unspecified atom stereocenters. The van der Waals surface area contributed by atoms with Gasteiger partial charge in [-0.3, -0.25) is 14.2 Å². The molecule has 0 radical (unpaired) electrons. The fourth-order valence-electron chi connectivity index (χ4n) is 3.22. The van der Waals surface area contributed by atoms with Crippen molar-refractivity contribution in [2.24, 2.45) is 11.3 Å². The Bertz CT molecular complexity index is 897. The number of nitrogens with zero attached hydrogens (tertiary/aromatic N) is 3. The fourth-order valence-corrected chi connectivity index (χ4v) is 3.39. The van der Waals surface area contributed by atoms with Crippen LogP contribution in [0, 0.1) is 11.3 Å². The van der Waals surface area contributed by atoms with Gasteiger partial charge in [0.2, 0.25) is 5.91 Å². The third-order valence-corrected chi connectivity index (χ3v) is 4.80. The van der Waals surface area contributed by atoms with Gasteiger partial charge in [0.25, 0.3) is 5.56 Å². The minimum absolute atomic E-state index is 0.0526. The molecule has 1 atom stereocenters. The van der Waals surface area contributed by atoms with Crippen LogP contribution in [0.1, 0.15) is 60.3 Å². The van der Waals surface area contributed by atoms with Crippen LogP contribution in [0.25, 0.3) is 10.9 Å². The maximum Gasteiger partial charge on any atom is 0.261 e. The first-order valence-electron chi connectivity index (χ1n) is 9.48. The summed E-state index contributed by atoms with van der Waals surface area (Å²) in [4.78, 5) is 32.7. The van der Waals surface area contributed by atoms with E-state index in [0.717, 1.165) is 0 Å². The van der Waals surface area contributed by atoms with Crippen molar-refractivity contribution < 1.29 is 4.79 Å². The zero-order valence-electron chi connectivity index (χ0n) is 17.3. The summed E-state index contributed by atoms with van der Waals surface area (Å²) >= 11 is 6.06. The first-order chi connectivity index (χ1) is 12.5. The van der Waals surface area contributed by atoms with E-state index in [2.05, 4.69) is 13.8 Å².